The van der Waals surface area contributed by atoms with Gasteiger partial charge >= 0.3 is 5.82 Å². The van der Waals surface area contributed by atoms with E-state index in [1.807, 2.05) is 0 Å². The molecule has 1 aromatic heterocycles. The first-order valence-electron chi connectivity index (χ1n) is 7.68. The van der Waals surface area contributed by atoms with Gasteiger partial charge in [0.05, 0.1) is 23.2 Å². The number of rotatable bonds is 5. The highest BCUT2D eigenvalue weighted by molar-refractivity contribution is 9.10. The van der Waals surface area contributed by atoms with Gasteiger partial charge in [-0.15, -0.1) is 0 Å². The Hall–Kier alpha value is -2.27. The van der Waals surface area contributed by atoms with Crippen LogP contribution in [0.1, 0.15) is 22.3 Å². The van der Waals surface area contributed by atoms with Gasteiger partial charge in [-0.1, -0.05) is 0 Å². The molecule has 1 aromatic carbocycles. The van der Waals surface area contributed by atoms with Crippen molar-refractivity contribution in [3.05, 3.63) is 50.1 Å². The molecule has 2 aromatic rings. The first kappa shape index (κ1) is 18.5. The third kappa shape index (κ3) is 3.63. The lowest BCUT2D eigenvalue weighted by atomic mass is 9.99. The number of nitro groups is 1. The minimum Gasteiger partial charge on any atom is -0.358 e. The van der Waals surface area contributed by atoms with E-state index in [0.29, 0.717) is 30.6 Å². The number of aromatic nitrogens is 2. The van der Waals surface area contributed by atoms with E-state index in [4.69, 9.17) is 0 Å². The number of carbonyl (C=O) groups excluding carboxylic acids is 1. The summed E-state index contributed by atoms with van der Waals surface area (Å²) in [7, 11) is -3.37. The lowest BCUT2D eigenvalue weighted by Crippen LogP contribution is -2.34. The van der Waals surface area contributed by atoms with E-state index in [1.165, 1.54) is 15.2 Å². The molecular formula is C15H15BrN4O5S. The van der Waals surface area contributed by atoms with Gasteiger partial charge in [-0.05, 0) is 57.5 Å². The molecule has 9 nitrogen and oxygen atoms in total. The van der Waals surface area contributed by atoms with Crippen molar-refractivity contribution >= 4 is 43.2 Å². The van der Waals surface area contributed by atoms with Crippen LogP contribution in [-0.2, 0) is 23.0 Å². The molecule has 0 N–H and O–H groups in total. The van der Waals surface area contributed by atoms with Crippen molar-refractivity contribution in [2.45, 2.75) is 19.4 Å². The highest BCUT2D eigenvalue weighted by Crippen LogP contribution is 2.30. The molecule has 0 fully saturated rings. The second kappa shape index (κ2) is 6.80. The monoisotopic (exact) mass is 442 g/mol. The maximum Gasteiger partial charge on any atom is 0.404 e. The number of fused-ring (bicyclic) bond motifs is 1. The van der Waals surface area contributed by atoms with Crippen LogP contribution < -0.4 is 4.31 Å². The summed E-state index contributed by atoms with van der Waals surface area (Å²) in [5.41, 5.74) is 1.79. The van der Waals surface area contributed by atoms with E-state index in [9.17, 15) is 23.3 Å². The Morgan fingerprint density at radius 1 is 1.42 bits per heavy atom. The third-order valence-corrected chi connectivity index (χ3v) is 5.79. The average molecular weight is 443 g/mol. The number of ketones is 1. The summed E-state index contributed by atoms with van der Waals surface area (Å²) in [5, 5.41) is 14.6. The van der Waals surface area contributed by atoms with Gasteiger partial charge in [0, 0.05) is 12.1 Å². The number of hydrogen-bond acceptors (Lipinski definition) is 6. The summed E-state index contributed by atoms with van der Waals surface area (Å²) in [6, 6.07) is 4.88. The molecule has 11 heteroatoms. The Morgan fingerprint density at radius 2 is 2.15 bits per heavy atom. The number of benzene rings is 1. The average Bonchev–Trinajstić information content (AvgIpc) is 2.93. The molecule has 0 aliphatic carbocycles. The van der Waals surface area contributed by atoms with Crippen molar-refractivity contribution in [2.75, 3.05) is 17.1 Å². The van der Waals surface area contributed by atoms with Gasteiger partial charge in [0.25, 0.3) is 0 Å². The zero-order valence-electron chi connectivity index (χ0n) is 13.8. The Morgan fingerprint density at radius 3 is 2.77 bits per heavy atom. The number of hydrogen-bond donors (Lipinski definition) is 0. The zero-order valence-corrected chi connectivity index (χ0v) is 16.2. The molecule has 1 aliphatic heterocycles. The van der Waals surface area contributed by atoms with Crippen molar-refractivity contribution < 1.29 is 18.1 Å². The maximum atomic E-state index is 12.5. The minimum atomic E-state index is -3.37. The Bertz CT molecular complexity index is 1000. The topological polar surface area (TPSA) is 115 Å². The van der Waals surface area contributed by atoms with Gasteiger partial charge in [0.1, 0.15) is 11.0 Å². The quantitative estimate of drug-likeness (QED) is 0.397. The van der Waals surface area contributed by atoms with Crippen molar-refractivity contribution in [1.29, 1.82) is 0 Å². The number of anilines is 1. The van der Waals surface area contributed by atoms with Crippen LogP contribution in [-0.4, -0.2) is 41.7 Å². The normalized spacial score (nSPS) is 14.2. The van der Waals surface area contributed by atoms with Gasteiger partial charge in [0.15, 0.2) is 5.78 Å². The predicted molar refractivity (Wildman–Crippen MR) is 97.9 cm³/mol. The summed E-state index contributed by atoms with van der Waals surface area (Å²) in [6.07, 6.45) is 3.89. The summed E-state index contributed by atoms with van der Waals surface area (Å²) in [6.45, 7) is 0.269. The molecule has 0 atom stereocenters. The first-order valence-corrected chi connectivity index (χ1v) is 10.3. The standard InChI is InChI=1S/C15H15BrN4O5S/c1-26(24,25)19-6-2-3-10-7-11(4-5-13(10)19)14(21)9-18-8-12(16)15(17-18)20(22)23/h4-5,7-8H,2-3,6,9H2,1H3. The molecule has 0 saturated heterocycles. The molecule has 0 saturated carbocycles. The molecule has 0 bridgehead atoms. The predicted octanol–water partition coefficient (Wildman–Crippen LogP) is 2.15. The smallest absolute Gasteiger partial charge is 0.358 e. The van der Waals surface area contributed by atoms with E-state index < -0.39 is 14.9 Å². The number of nitrogens with zero attached hydrogens (tertiary/aromatic N) is 4. The third-order valence-electron chi connectivity index (χ3n) is 4.06. The van der Waals surface area contributed by atoms with Crippen LogP contribution in [0.5, 0.6) is 0 Å². The Kier molecular flexibility index (Phi) is 4.84. The second-order valence-electron chi connectivity index (χ2n) is 5.96. The number of halogens is 1. The van der Waals surface area contributed by atoms with Crippen molar-refractivity contribution in [3.8, 4) is 0 Å². The minimum absolute atomic E-state index is 0.152. The fourth-order valence-corrected chi connectivity index (χ4v) is 4.37. The molecule has 2 heterocycles. The van der Waals surface area contributed by atoms with E-state index in [-0.39, 0.29) is 22.6 Å². The molecule has 0 unspecified atom stereocenters. The molecule has 1 aliphatic rings. The Labute approximate surface area is 157 Å². The van der Waals surface area contributed by atoms with E-state index in [1.54, 1.807) is 18.2 Å². The summed E-state index contributed by atoms with van der Waals surface area (Å²) >= 11 is 3.04. The number of Topliss-reactive ketones (excluding diaryl/α,β-unsaturated/α-hetero) is 1. The van der Waals surface area contributed by atoms with Gasteiger partial charge in [-0.25, -0.2) is 8.42 Å². The lowest BCUT2D eigenvalue weighted by Gasteiger charge is -2.29. The fourth-order valence-electron chi connectivity index (χ4n) is 2.91. The molecule has 26 heavy (non-hydrogen) atoms. The van der Waals surface area contributed by atoms with Crippen molar-refractivity contribution in [3.63, 3.8) is 0 Å². The SMILES string of the molecule is CS(=O)(=O)N1CCCc2cc(C(=O)Cn3cc(Br)c([N+](=O)[O-])n3)ccc21. The fraction of sp³-hybridized carbons (Fsp3) is 0.333. The molecule has 138 valence electrons. The molecule has 0 amide bonds. The van der Waals surface area contributed by atoms with Gasteiger partial charge in [-0.2, -0.15) is 4.68 Å². The Balaban J connectivity index is 1.85. The van der Waals surface area contributed by atoms with E-state index >= 15 is 0 Å². The van der Waals surface area contributed by atoms with Crippen LogP contribution in [0.25, 0.3) is 0 Å². The molecular weight excluding hydrogens is 428 g/mol. The summed E-state index contributed by atoms with van der Waals surface area (Å²) in [4.78, 5) is 22.7. The van der Waals surface area contributed by atoms with Gasteiger partial charge in [-0.3, -0.25) is 9.10 Å². The van der Waals surface area contributed by atoms with Crippen LogP contribution >= 0.6 is 15.9 Å². The van der Waals surface area contributed by atoms with Crippen LogP contribution in [0.15, 0.2) is 28.9 Å². The highest BCUT2D eigenvalue weighted by atomic mass is 79.9. The number of carbonyl (C=O) groups is 1. The summed E-state index contributed by atoms with van der Waals surface area (Å²) < 4.78 is 26.5. The molecule has 3 rings (SSSR count). The second-order valence-corrected chi connectivity index (χ2v) is 8.72. The number of sulfonamides is 1. The van der Waals surface area contributed by atoms with Gasteiger partial charge < -0.3 is 10.1 Å². The maximum absolute atomic E-state index is 12.5. The van der Waals surface area contributed by atoms with Crippen molar-refractivity contribution in [1.82, 2.24) is 9.78 Å². The zero-order chi connectivity index (χ0) is 19.1. The molecule has 0 radical (unpaired) electrons. The van der Waals surface area contributed by atoms with E-state index in [0.717, 1.165) is 11.8 Å². The van der Waals surface area contributed by atoms with Crippen molar-refractivity contribution in [2.24, 2.45) is 0 Å². The van der Waals surface area contributed by atoms with Crippen LogP contribution in [0.2, 0.25) is 0 Å². The van der Waals surface area contributed by atoms with E-state index in [2.05, 4.69) is 21.0 Å². The van der Waals surface area contributed by atoms with Crippen LogP contribution in [0.3, 0.4) is 0 Å². The van der Waals surface area contributed by atoms with Crippen LogP contribution in [0.4, 0.5) is 11.5 Å². The molecule has 0 spiro atoms. The lowest BCUT2D eigenvalue weighted by molar-refractivity contribution is -0.390. The van der Waals surface area contributed by atoms with Crippen LogP contribution in [0, 0.1) is 10.1 Å². The van der Waals surface area contributed by atoms with Gasteiger partial charge in [0.2, 0.25) is 10.0 Å². The number of aryl methyl sites for hydroxylation is 1. The largest absolute Gasteiger partial charge is 0.404 e. The first-order chi connectivity index (χ1) is 12.2. The highest BCUT2D eigenvalue weighted by Gasteiger charge is 2.25. The summed E-state index contributed by atoms with van der Waals surface area (Å²) in [5.74, 6) is -0.624.